The number of piperazine rings is 1. The Morgan fingerprint density at radius 2 is 1.76 bits per heavy atom. The van der Waals surface area contributed by atoms with E-state index >= 15 is 0 Å². The first kappa shape index (κ1) is 12.9. The highest BCUT2D eigenvalue weighted by atomic mass is 35.5. The summed E-state index contributed by atoms with van der Waals surface area (Å²) in [6.45, 7) is 9.99. The number of benzene rings is 1. The fourth-order valence-electron chi connectivity index (χ4n) is 2.30. The van der Waals surface area contributed by atoms with E-state index in [9.17, 15) is 0 Å². The van der Waals surface area contributed by atoms with Gasteiger partial charge in [-0.15, -0.1) is 0 Å². The summed E-state index contributed by atoms with van der Waals surface area (Å²) in [7, 11) is 2.19. The van der Waals surface area contributed by atoms with Crippen LogP contribution in [0, 0.1) is 13.8 Å². The zero-order valence-electron chi connectivity index (χ0n) is 11.0. The Bertz CT molecular complexity index is 395. The fourth-order valence-corrected chi connectivity index (χ4v) is 2.59. The van der Waals surface area contributed by atoms with Crippen molar-refractivity contribution in [3.05, 3.63) is 33.8 Å². The van der Waals surface area contributed by atoms with Crippen LogP contribution in [-0.2, 0) is 6.54 Å². The molecule has 0 atom stereocenters. The minimum Gasteiger partial charge on any atom is -0.304 e. The van der Waals surface area contributed by atoms with Gasteiger partial charge in [0.05, 0.1) is 0 Å². The molecule has 1 aromatic rings. The molecule has 0 saturated carbocycles. The lowest BCUT2D eigenvalue weighted by Crippen LogP contribution is -2.44. The minimum absolute atomic E-state index is 0.859. The maximum absolute atomic E-state index is 6.14. The highest BCUT2D eigenvalue weighted by molar-refractivity contribution is 6.30. The second-order valence-corrected chi connectivity index (χ2v) is 5.52. The van der Waals surface area contributed by atoms with Crippen molar-refractivity contribution < 1.29 is 0 Å². The summed E-state index contributed by atoms with van der Waals surface area (Å²) in [4.78, 5) is 4.89. The molecule has 2 nitrogen and oxygen atoms in total. The van der Waals surface area contributed by atoms with Crippen LogP contribution in [0.2, 0.25) is 5.02 Å². The Morgan fingerprint density at radius 3 is 2.41 bits per heavy atom. The largest absolute Gasteiger partial charge is 0.304 e. The topological polar surface area (TPSA) is 6.48 Å². The summed E-state index contributed by atoms with van der Waals surface area (Å²) in [5.74, 6) is 0. The minimum atomic E-state index is 0.859. The van der Waals surface area contributed by atoms with Gasteiger partial charge in [-0.1, -0.05) is 11.6 Å². The van der Waals surface area contributed by atoms with Gasteiger partial charge >= 0.3 is 0 Å². The van der Waals surface area contributed by atoms with Crippen LogP contribution < -0.4 is 0 Å². The van der Waals surface area contributed by atoms with Crippen molar-refractivity contribution in [3.8, 4) is 0 Å². The molecule has 0 unspecified atom stereocenters. The summed E-state index contributed by atoms with van der Waals surface area (Å²) in [5.41, 5.74) is 4.05. The van der Waals surface area contributed by atoms with Crippen LogP contribution in [0.3, 0.4) is 0 Å². The Morgan fingerprint density at radius 1 is 1.12 bits per heavy atom. The molecule has 1 saturated heterocycles. The highest BCUT2D eigenvalue weighted by Gasteiger charge is 2.15. The van der Waals surface area contributed by atoms with Gasteiger partial charge < -0.3 is 4.90 Å². The Labute approximate surface area is 109 Å². The van der Waals surface area contributed by atoms with E-state index < -0.39 is 0 Å². The number of aryl methyl sites for hydroxylation is 1. The Hall–Kier alpha value is -0.570. The molecule has 17 heavy (non-hydrogen) atoms. The van der Waals surface area contributed by atoms with Crippen molar-refractivity contribution in [1.29, 1.82) is 0 Å². The van der Waals surface area contributed by atoms with Gasteiger partial charge in [0.2, 0.25) is 0 Å². The normalized spacial score (nSPS) is 18.6. The van der Waals surface area contributed by atoms with Crippen LogP contribution in [0.15, 0.2) is 12.1 Å². The van der Waals surface area contributed by atoms with Gasteiger partial charge in [-0.05, 0) is 49.7 Å². The van der Waals surface area contributed by atoms with Crippen LogP contribution in [0.4, 0.5) is 0 Å². The molecule has 1 fully saturated rings. The molecule has 0 radical (unpaired) electrons. The third kappa shape index (κ3) is 3.21. The van der Waals surface area contributed by atoms with Crippen molar-refractivity contribution in [2.45, 2.75) is 20.4 Å². The Kier molecular flexibility index (Phi) is 4.08. The monoisotopic (exact) mass is 252 g/mol. The third-order valence-corrected chi connectivity index (χ3v) is 3.95. The lowest BCUT2D eigenvalue weighted by molar-refractivity contribution is 0.148. The van der Waals surface area contributed by atoms with Crippen molar-refractivity contribution in [3.63, 3.8) is 0 Å². The predicted molar refractivity (Wildman–Crippen MR) is 73.7 cm³/mol. The van der Waals surface area contributed by atoms with Gasteiger partial charge in [-0.3, -0.25) is 4.90 Å². The van der Waals surface area contributed by atoms with Crippen LogP contribution >= 0.6 is 11.6 Å². The summed E-state index contributed by atoms with van der Waals surface area (Å²) in [6, 6.07) is 4.16. The summed E-state index contributed by atoms with van der Waals surface area (Å²) in [6.07, 6.45) is 0. The average molecular weight is 253 g/mol. The molecule has 0 aliphatic carbocycles. The van der Waals surface area contributed by atoms with Crippen LogP contribution in [0.1, 0.15) is 16.7 Å². The third-order valence-electron chi connectivity index (χ3n) is 3.73. The predicted octanol–water partition coefficient (Wildman–Crippen LogP) is 2.70. The van der Waals surface area contributed by atoms with Crippen molar-refractivity contribution >= 4 is 11.6 Å². The number of likely N-dealkylation sites (N-methyl/N-ethyl adjacent to an activating group) is 1. The summed E-state index contributed by atoms with van der Waals surface area (Å²) >= 11 is 6.14. The van der Waals surface area contributed by atoms with Crippen LogP contribution in [-0.4, -0.2) is 43.0 Å². The SMILES string of the molecule is Cc1cc(Cl)cc(CN2CCN(C)CC2)c1C. The first-order valence-corrected chi connectivity index (χ1v) is 6.60. The van der Waals surface area contributed by atoms with Crippen molar-refractivity contribution in [2.75, 3.05) is 33.2 Å². The first-order valence-electron chi connectivity index (χ1n) is 6.23. The molecule has 0 N–H and O–H groups in total. The average Bonchev–Trinajstić information content (AvgIpc) is 2.28. The molecule has 2 rings (SSSR count). The van der Waals surface area contributed by atoms with E-state index in [2.05, 4.69) is 36.8 Å². The zero-order chi connectivity index (χ0) is 12.4. The summed E-state index contributed by atoms with van der Waals surface area (Å²) < 4.78 is 0. The van der Waals surface area contributed by atoms with E-state index in [0.717, 1.165) is 24.7 Å². The molecule has 1 aliphatic heterocycles. The van der Waals surface area contributed by atoms with Crippen LogP contribution in [0.5, 0.6) is 0 Å². The zero-order valence-corrected chi connectivity index (χ0v) is 11.7. The number of hydrogen-bond donors (Lipinski definition) is 0. The van der Waals surface area contributed by atoms with E-state index in [1.807, 2.05) is 6.07 Å². The van der Waals surface area contributed by atoms with Gasteiger partial charge in [0, 0.05) is 37.7 Å². The maximum atomic E-state index is 6.14. The molecular formula is C14H21ClN2. The van der Waals surface area contributed by atoms with E-state index in [4.69, 9.17) is 11.6 Å². The number of hydrogen-bond acceptors (Lipinski definition) is 2. The maximum Gasteiger partial charge on any atom is 0.0412 e. The quantitative estimate of drug-likeness (QED) is 0.799. The van der Waals surface area contributed by atoms with Gasteiger partial charge in [0.25, 0.3) is 0 Å². The van der Waals surface area contributed by atoms with Crippen LogP contribution in [0.25, 0.3) is 0 Å². The van der Waals surface area contributed by atoms with E-state index in [0.29, 0.717) is 0 Å². The van der Waals surface area contributed by atoms with Gasteiger partial charge in [-0.25, -0.2) is 0 Å². The standard InChI is InChI=1S/C14H21ClN2/c1-11-8-14(15)9-13(12(11)2)10-17-6-4-16(3)5-7-17/h8-9H,4-7,10H2,1-3H3. The molecule has 3 heteroatoms. The molecule has 1 heterocycles. The van der Waals surface area contributed by atoms with Crippen molar-refractivity contribution in [1.82, 2.24) is 9.80 Å². The first-order chi connectivity index (χ1) is 8.06. The van der Waals surface area contributed by atoms with Crippen molar-refractivity contribution in [2.24, 2.45) is 0 Å². The molecular weight excluding hydrogens is 232 g/mol. The Balaban J connectivity index is 2.08. The molecule has 0 bridgehead atoms. The van der Waals surface area contributed by atoms with E-state index in [1.165, 1.54) is 29.8 Å². The molecule has 1 aromatic carbocycles. The van der Waals surface area contributed by atoms with Gasteiger partial charge in [-0.2, -0.15) is 0 Å². The second-order valence-electron chi connectivity index (χ2n) is 5.09. The van der Waals surface area contributed by atoms with E-state index in [1.54, 1.807) is 0 Å². The molecule has 0 amide bonds. The smallest absolute Gasteiger partial charge is 0.0412 e. The molecule has 94 valence electrons. The van der Waals surface area contributed by atoms with E-state index in [-0.39, 0.29) is 0 Å². The fraction of sp³-hybridized carbons (Fsp3) is 0.571. The lowest BCUT2D eigenvalue weighted by atomic mass is 10.0. The number of rotatable bonds is 2. The molecule has 1 aliphatic rings. The number of halogens is 1. The highest BCUT2D eigenvalue weighted by Crippen LogP contribution is 2.21. The number of nitrogens with zero attached hydrogens (tertiary/aromatic N) is 2. The molecule has 0 aromatic heterocycles. The lowest BCUT2D eigenvalue weighted by Gasteiger charge is -2.32. The van der Waals surface area contributed by atoms with Gasteiger partial charge in [0.1, 0.15) is 0 Å². The van der Waals surface area contributed by atoms with Gasteiger partial charge in [0.15, 0.2) is 0 Å². The molecule has 0 spiro atoms. The summed E-state index contributed by atoms with van der Waals surface area (Å²) in [5, 5.41) is 0.859. The second kappa shape index (κ2) is 5.38.